The van der Waals surface area contributed by atoms with Gasteiger partial charge in [0.2, 0.25) is 15.8 Å². The lowest BCUT2D eigenvalue weighted by Crippen LogP contribution is -2.32. The number of hydrogen-bond acceptors (Lipinski definition) is 5. The highest BCUT2D eigenvalue weighted by atomic mass is 35.5. The normalized spacial score (nSPS) is 19.6. The first-order valence-electron chi connectivity index (χ1n) is 5.52. The summed E-state index contributed by atoms with van der Waals surface area (Å²) in [6.45, 7) is 0.257. The van der Waals surface area contributed by atoms with Gasteiger partial charge in [0.1, 0.15) is 0 Å². The van der Waals surface area contributed by atoms with Crippen LogP contribution in [0.5, 0.6) is 0 Å². The van der Waals surface area contributed by atoms with Crippen LogP contribution in [0.2, 0.25) is 0 Å². The van der Waals surface area contributed by atoms with E-state index < -0.39 is 31.3 Å². The quantitative estimate of drug-likeness (QED) is 0.655. The van der Waals surface area contributed by atoms with E-state index in [0.29, 0.717) is 6.42 Å². The summed E-state index contributed by atoms with van der Waals surface area (Å²) in [5.74, 6) is -1.17. The number of sulfonamides is 1. The Kier molecular flexibility index (Phi) is 5.03. The van der Waals surface area contributed by atoms with Gasteiger partial charge in [-0.15, -0.1) is 12.4 Å². The molecule has 0 aromatic heterocycles. The SMILES string of the molecule is Cl.N[C@H]1CCN(S(=O)(=O)c2cccc(F)c2[N+](=O)[O-])C1. The fraction of sp³-hybridized carbons (Fsp3) is 0.400. The van der Waals surface area contributed by atoms with Crippen molar-refractivity contribution in [3.05, 3.63) is 34.1 Å². The molecular weight excluding hydrogens is 313 g/mol. The van der Waals surface area contributed by atoms with E-state index in [2.05, 4.69) is 0 Å². The molecule has 10 heteroatoms. The smallest absolute Gasteiger partial charge is 0.324 e. The lowest BCUT2D eigenvalue weighted by atomic mass is 10.3. The number of nitro groups is 1. The van der Waals surface area contributed by atoms with Crippen LogP contribution >= 0.6 is 12.4 Å². The van der Waals surface area contributed by atoms with E-state index in [1.807, 2.05) is 0 Å². The molecule has 0 bridgehead atoms. The minimum absolute atomic E-state index is 0. The monoisotopic (exact) mass is 325 g/mol. The minimum atomic E-state index is -4.10. The number of hydrogen-bond donors (Lipinski definition) is 1. The molecule has 20 heavy (non-hydrogen) atoms. The fourth-order valence-corrected chi connectivity index (χ4v) is 3.67. The van der Waals surface area contributed by atoms with E-state index >= 15 is 0 Å². The second-order valence-corrected chi connectivity index (χ2v) is 6.16. The zero-order chi connectivity index (χ0) is 14.2. The van der Waals surface area contributed by atoms with E-state index in [-0.39, 0.29) is 31.5 Å². The van der Waals surface area contributed by atoms with Gasteiger partial charge in [0, 0.05) is 19.1 Å². The molecule has 7 nitrogen and oxygen atoms in total. The highest BCUT2D eigenvalue weighted by Gasteiger charge is 2.36. The van der Waals surface area contributed by atoms with Gasteiger partial charge in [0.25, 0.3) is 0 Å². The number of nitrogens with zero attached hydrogens (tertiary/aromatic N) is 2. The molecule has 1 fully saturated rings. The number of para-hydroxylation sites is 1. The Bertz CT molecular complexity index is 625. The molecule has 0 aliphatic carbocycles. The minimum Gasteiger partial charge on any atom is -0.326 e. The van der Waals surface area contributed by atoms with E-state index in [1.165, 1.54) is 0 Å². The molecule has 1 saturated heterocycles. The lowest BCUT2D eigenvalue weighted by Gasteiger charge is -2.15. The molecule has 2 rings (SSSR count). The zero-order valence-electron chi connectivity index (χ0n) is 10.2. The number of benzene rings is 1. The Morgan fingerprint density at radius 2 is 2.10 bits per heavy atom. The molecule has 1 aliphatic heterocycles. The Balaban J connectivity index is 0.00000200. The van der Waals surface area contributed by atoms with Gasteiger partial charge in [-0.1, -0.05) is 6.07 Å². The number of nitro benzene ring substituents is 1. The Labute approximate surface area is 121 Å². The highest BCUT2D eigenvalue weighted by molar-refractivity contribution is 7.89. The number of rotatable bonds is 3. The van der Waals surface area contributed by atoms with Crippen LogP contribution in [0.25, 0.3) is 0 Å². The van der Waals surface area contributed by atoms with Gasteiger partial charge in [-0.25, -0.2) is 8.42 Å². The summed E-state index contributed by atoms with van der Waals surface area (Å²) >= 11 is 0. The average Bonchev–Trinajstić information content (AvgIpc) is 2.75. The summed E-state index contributed by atoms with van der Waals surface area (Å²) in [5.41, 5.74) is 4.59. The van der Waals surface area contributed by atoms with Crippen molar-refractivity contribution < 1.29 is 17.7 Å². The maximum Gasteiger partial charge on any atom is 0.324 e. The number of nitrogens with two attached hydrogens (primary N) is 1. The van der Waals surface area contributed by atoms with E-state index in [9.17, 15) is 22.9 Å². The molecule has 0 amide bonds. The summed E-state index contributed by atoms with van der Waals surface area (Å²) in [7, 11) is -4.10. The van der Waals surface area contributed by atoms with Gasteiger partial charge >= 0.3 is 5.69 Å². The third kappa shape index (κ3) is 2.90. The summed E-state index contributed by atoms with van der Waals surface area (Å²) in [4.78, 5) is 9.16. The Hall–Kier alpha value is -1.29. The maximum absolute atomic E-state index is 13.4. The average molecular weight is 326 g/mol. The molecule has 1 heterocycles. The van der Waals surface area contributed by atoms with Crippen molar-refractivity contribution in [3.63, 3.8) is 0 Å². The first-order valence-corrected chi connectivity index (χ1v) is 6.96. The molecule has 1 atom stereocenters. The van der Waals surface area contributed by atoms with Gasteiger partial charge in [-0.3, -0.25) is 10.1 Å². The first-order chi connectivity index (χ1) is 8.84. The second kappa shape index (κ2) is 6.00. The van der Waals surface area contributed by atoms with Crippen LogP contribution in [0.3, 0.4) is 0 Å². The van der Waals surface area contributed by atoms with Crippen molar-refractivity contribution in [3.8, 4) is 0 Å². The maximum atomic E-state index is 13.4. The second-order valence-electron chi connectivity index (χ2n) is 4.26. The van der Waals surface area contributed by atoms with Crippen molar-refractivity contribution in [2.45, 2.75) is 17.4 Å². The van der Waals surface area contributed by atoms with Crippen LogP contribution < -0.4 is 5.73 Å². The van der Waals surface area contributed by atoms with E-state index in [1.54, 1.807) is 0 Å². The lowest BCUT2D eigenvalue weighted by molar-refractivity contribution is -0.390. The Morgan fingerprint density at radius 3 is 2.60 bits per heavy atom. The van der Waals surface area contributed by atoms with Crippen molar-refractivity contribution in [2.24, 2.45) is 5.73 Å². The molecule has 0 unspecified atom stereocenters. The van der Waals surface area contributed by atoms with Crippen molar-refractivity contribution in [1.29, 1.82) is 0 Å². The van der Waals surface area contributed by atoms with Gasteiger partial charge < -0.3 is 5.73 Å². The largest absolute Gasteiger partial charge is 0.326 e. The van der Waals surface area contributed by atoms with E-state index in [0.717, 1.165) is 22.5 Å². The van der Waals surface area contributed by atoms with Crippen LogP contribution in [-0.2, 0) is 10.0 Å². The topological polar surface area (TPSA) is 107 Å². The molecule has 112 valence electrons. The van der Waals surface area contributed by atoms with Crippen LogP contribution in [0.15, 0.2) is 23.1 Å². The summed E-state index contributed by atoms with van der Waals surface area (Å²) < 4.78 is 39.0. The van der Waals surface area contributed by atoms with Crippen LogP contribution in [-0.4, -0.2) is 36.8 Å². The van der Waals surface area contributed by atoms with Crippen LogP contribution in [0.1, 0.15) is 6.42 Å². The molecule has 1 aliphatic rings. The van der Waals surface area contributed by atoms with Gasteiger partial charge in [0.05, 0.1) is 4.92 Å². The predicted molar refractivity (Wildman–Crippen MR) is 71.7 cm³/mol. The van der Waals surface area contributed by atoms with Crippen molar-refractivity contribution >= 4 is 28.1 Å². The highest BCUT2D eigenvalue weighted by Crippen LogP contribution is 2.30. The molecule has 0 spiro atoms. The van der Waals surface area contributed by atoms with Crippen molar-refractivity contribution in [1.82, 2.24) is 4.31 Å². The molecule has 0 radical (unpaired) electrons. The molecule has 1 aromatic carbocycles. The summed E-state index contributed by atoms with van der Waals surface area (Å²) in [5, 5.41) is 10.8. The predicted octanol–water partition coefficient (Wildman–Crippen LogP) is 0.877. The molecule has 1 aromatic rings. The van der Waals surface area contributed by atoms with E-state index in [4.69, 9.17) is 5.73 Å². The van der Waals surface area contributed by atoms with Gasteiger partial charge in [0.15, 0.2) is 4.90 Å². The van der Waals surface area contributed by atoms with Crippen molar-refractivity contribution in [2.75, 3.05) is 13.1 Å². The summed E-state index contributed by atoms with van der Waals surface area (Å²) in [6, 6.07) is 2.71. The third-order valence-corrected chi connectivity index (χ3v) is 4.83. The molecule has 0 saturated carbocycles. The van der Waals surface area contributed by atoms with Crippen LogP contribution in [0.4, 0.5) is 10.1 Å². The first kappa shape index (κ1) is 16.8. The zero-order valence-corrected chi connectivity index (χ0v) is 11.9. The summed E-state index contributed by atoms with van der Waals surface area (Å²) in [6.07, 6.45) is 0.475. The number of halogens is 2. The Morgan fingerprint density at radius 1 is 1.45 bits per heavy atom. The van der Waals surface area contributed by atoms with Crippen LogP contribution in [0, 0.1) is 15.9 Å². The van der Waals surface area contributed by atoms with Gasteiger partial charge in [-0.05, 0) is 18.6 Å². The molecular formula is C10H13ClFN3O4S. The standard InChI is InChI=1S/C10H12FN3O4S.ClH/c11-8-2-1-3-9(10(8)14(15)16)19(17,18)13-5-4-7(12)6-13;/h1-3,7H,4-6,12H2;1H/t7-;/m0./s1. The molecule has 2 N–H and O–H groups in total. The third-order valence-electron chi connectivity index (χ3n) is 2.94. The fourth-order valence-electron chi connectivity index (χ4n) is 1.99. The van der Waals surface area contributed by atoms with Gasteiger partial charge in [-0.2, -0.15) is 8.70 Å².